The third kappa shape index (κ3) is 4.70. The van der Waals surface area contributed by atoms with Gasteiger partial charge in [0.2, 0.25) is 0 Å². The highest BCUT2D eigenvalue weighted by Gasteiger charge is 2.47. The molecule has 192 valence electrons. The molecule has 2 aliphatic heterocycles. The van der Waals surface area contributed by atoms with Crippen molar-refractivity contribution in [2.75, 3.05) is 53.6 Å². The molecule has 0 aromatic heterocycles. The summed E-state index contributed by atoms with van der Waals surface area (Å²) in [7, 11) is 3.06. The molecule has 1 saturated heterocycles. The van der Waals surface area contributed by atoms with Crippen LogP contribution in [0.5, 0.6) is 23.0 Å². The highest BCUT2D eigenvalue weighted by atomic mass is 16.6. The minimum atomic E-state index is -0.838. The lowest BCUT2D eigenvalue weighted by molar-refractivity contribution is -0.140. The Balaban J connectivity index is 1.84. The SMILES string of the molecule is CCN(CC)CCN1C(=O)C(=O)/C(=C(/O)c2ccc3c(c2)OCCO3)C1c1ccc(OC)cc1OC. The summed E-state index contributed by atoms with van der Waals surface area (Å²) in [5, 5.41) is 11.4. The van der Waals surface area contributed by atoms with Crippen molar-refractivity contribution in [2.24, 2.45) is 0 Å². The molecule has 9 nitrogen and oxygen atoms in total. The summed E-state index contributed by atoms with van der Waals surface area (Å²) in [5.41, 5.74) is 0.939. The predicted octanol–water partition coefficient (Wildman–Crippen LogP) is 3.24. The van der Waals surface area contributed by atoms with E-state index in [9.17, 15) is 14.7 Å². The zero-order valence-electron chi connectivity index (χ0n) is 21.1. The van der Waals surface area contributed by atoms with E-state index in [4.69, 9.17) is 18.9 Å². The molecule has 2 heterocycles. The van der Waals surface area contributed by atoms with E-state index in [0.29, 0.717) is 60.4 Å². The van der Waals surface area contributed by atoms with Gasteiger partial charge in [-0.1, -0.05) is 13.8 Å². The molecular weight excluding hydrogens is 464 g/mol. The van der Waals surface area contributed by atoms with Crippen LogP contribution >= 0.6 is 0 Å². The van der Waals surface area contributed by atoms with Crippen molar-refractivity contribution in [3.63, 3.8) is 0 Å². The molecule has 2 aliphatic rings. The van der Waals surface area contributed by atoms with Crippen LogP contribution in [0.4, 0.5) is 0 Å². The van der Waals surface area contributed by atoms with Crippen LogP contribution < -0.4 is 18.9 Å². The third-order valence-corrected chi connectivity index (χ3v) is 6.64. The highest BCUT2D eigenvalue weighted by molar-refractivity contribution is 6.46. The quantitative estimate of drug-likeness (QED) is 0.321. The zero-order chi connectivity index (χ0) is 25.8. The summed E-state index contributed by atoms with van der Waals surface area (Å²) in [6.45, 7) is 7.43. The third-order valence-electron chi connectivity index (χ3n) is 6.64. The maximum Gasteiger partial charge on any atom is 0.295 e. The van der Waals surface area contributed by atoms with Gasteiger partial charge in [-0.2, -0.15) is 0 Å². The van der Waals surface area contributed by atoms with Crippen molar-refractivity contribution < 1.29 is 33.6 Å². The number of ether oxygens (including phenoxy) is 4. The summed E-state index contributed by atoms with van der Waals surface area (Å²) in [5.74, 6) is 0.364. The predicted molar refractivity (Wildman–Crippen MR) is 134 cm³/mol. The van der Waals surface area contributed by atoms with Gasteiger partial charge >= 0.3 is 0 Å². The van der Waals surface area contributed by atoms with E-state index in [0.717, 1.165) is 13.1 Å². The number of carbonyl (C=O) groups is 2. The van der Waals surface area contributed by atoms with Crippen LogP contribution in [0.15, 0.2) is 42.0 Å². The van der Waals surface area contributed by atoms with Crippen LogP contribution in [-0.2, 0) is 9.59 Å². The normalized spacial score (nSPS) is 18.6. The smallest absolute Gasteiger partial charge is 0.295 e. The van der Waals surface area contributed by atoms with Crippen molar-refractivity contribution in [3.8, 4) is 23.0 Å². The number of likely N-dealkylation sites (tertiary alicyclic amines) is 1. The van der Waals surface area contributed by atoms with Crippen LogP contribution in [-0.4, -0.2) is 80.2 Å². The van der Waals surface area contributed by atoms with Crippen LogP contribution in [0.2, 0.25) is 0 Å². The molecule has 0 bridgehead atoms. The first-order chi connectivity index (χ1) is 17.4. The first-order valence-corrected chi connectivity index (χ1v) is 12.1. The Bertz CT molecular complexity index is 1170. The Kier molecular flexibility index (Phi) is 7.69. The second kappa shape index (κ2) is 10.9. The minimum absolute atomic E-state index is 0.000286. The molecule has 0 aliphatic carbocycles. The molecule has 1 amide bonds. The van der Waals surface area contributed by atoms with Crippen LogP contribution in [0, 0.1) is 0 Å². The Hall–Kier alpha value is -3.72. The molecule has 0 radical (unpaired) electrons. The first-order valence-electron chi connectivity index (χ1n) is 12.1. The summed E-state index contributed by atoms with van der Waals surface area (Å²) in [6, 6.07) is 9.31. The van der Waals surface area contributed by atoms with Gasteiger partial charge in [0.1, 0.15) is 30.5 Å². The molecule has 1 N–H and O–H groups in total. The van der Waals surface area contributed by atoms with Crippen LogP contribution in [0.3, 0.4) is 0 Å². The second-order valence-electron chi connectivity index (χ2n) is 8.49. The molecule has 2 aromatic carbocycles. The van der Waals surface area contributed by atoms with Crippen molar-refractivity contribution in [1.29, 1.82) is 0 Å². The van der Waals surface area contributed by atoms with Gasteiger partial charge in [-0.3, -0.25) is 9.59 Å². The number of rotatable bonds is 9. The van der Waals surface area contributed by atoms with Gasteiger partial charge in [0.15, 0.2) is 11.5 Å². The monoisotopic (exact) mass is 496 g/mol. The number of hydrogen-bond donors (Lipinski definition) is 1. The second-order valence-corrected chi connectivity index (χ2v) is 8.49. The summed E-state index contributed by atoms with van der Waals surface area (Å²) in [4.78, 5) is 30.3. The maximum absolute atomic E-state index is 13.4. The number of Topliss-reactive ketones (excluding diaryl/α,β-unsaturated/α-hetero) is 1. The summed E-state index contributed by atoms with van der Waals surface area (Å²) >= 11 is 0. The summed E-state index contributed by atoms with van der Waals surface area (Å²) in [6.07, 6.45) is 0. The topological polar surface area (TPSA) is 97.8 Å². The number of aliphatic hydroxyl groups excluding tert-OH is 1. The van der Waals surface area contributed by atoms with Crippen LogP contribution in [0.25, 0.3) is 5.76 Å². The minimum Gasteiger partial charge on any atom is -0.507 e. The average molecular weight is 497 g/mol. The van der Waals surface area contributed by atoms with E-state index in [-0.39, 0.29) is 11.3 Å². The van der Waals surface area contributed by atoms with E-state index in [1.807, 2.05) is 13.8 Å². The number of hydrogen-bond acceptors (Lipinski definition) is 8. The standard InChI is InChI=1S/C27H32N2O7/c1-5-28(6-2)11-12-29-24(19-9-8-18(33-3)16-21(19)34-4)23(26(31)27(29)32)25(30)17-7-10-20-22(15-17)36-14-13-35-20/h7-10,15-16,24,30H,5-6,11-14H2,1-4H3/b25-23+. The number of aliphatic hydroxyl groups is 1. The van der Waals surface area contributed by atoms with Gasteiger partial charge in [0.05, 0.1) is 25.8 Å². The maximum atomic E-state index is 13.4. The lowest BCUT2D eigenvalue weighted by atomic mass is 9.94. The van der Waals surface area contributed by atoms with E-state index in [2.05, 4.69) is 4.90 Å². The Morgan fingerprint density at radius 2 is 1.75 bits per heavy atom. The molecule has 36 heavy (non-hydrogen) atoms. The molecule has 4 rings (SSSR count). The van der Waals surface area contributed by atoms with Gasteiger partial charge in [-0.05, 0) is 43.4 Å². The van der Waals surface area contributed by atoms with Gasteiger partial charge in [-0.25, -0.2) is 0 Å². The molecule has 9 heteroatoms. The number of benzene rings is 2. The van der Waals surface area contributed by atoms with E-state index in [1.54, 1.807) is 43.5 Å². The number of methoxy groups -OCH3 is 2. The van der Waals surface area contributed by atoms with E-state index in [1.165, 1.54) is 12.0 Å². The number of likely N-dealkylation sites (N-methyl/N-ethyl adjacent to an activating group) is 1. The fourth-order valence-electron chi connectivity index (χ4n) is 4.61. The number of fused-ring (bicyclic) bond motifs is 1. The molecule has 0 spiro atoms. The molecule has 2 aromatic rings. The summed E-state index contributed by atoms with van der Waals surface area (Å²) < 4.78 is 22.2. The van der Waals surface area contributed by atoms with Gasteiger partial charge in [0.25, 0.3) is 11.7 Å². The van der Waals surface area contributed by atoms with Gasteiger partial charge in [0, 0.05) is 30.3 Å². The van der Waals surface area contributed by atoms with E-state index < -0.39 is 17.7 Å². The van der Waals surface area contributed by atoms with Gasteiger partial charge in [-0.15, -0.1) is 0 Å². The van der Waals surface area contributed by atoms with Crippen molar-refractivity contribution in [1.82, 2.24) is 9.80 Å². The largest absolute Gasteiger partial charge is 0.507 e. The Labute approximate surface area is 210 Å². The average Bonchev–Trinajstić information content (AvgIpc) is 3.17. The van der Waals surface area contributed by atoms with Crippen molar-refractivity contribution >= 4 is 17.4 Å². The number of carbonyl (C=O) groups excluding carboxylic acids is 2. The van der Waals surface area contributed by atoms with Crippen molar-refractivity contribution in [3.05, 3.63) is 53.1 Å². The molecule has 1 unspecified atom stereocenters. The molecular formula is C27H32N2O7. The fraction of sp³-hybridized carbons (Fsp3) is 0.407. The lowest BCUT2D eigenvalue weighted by Crippen LogP contribution is -2.38. The Morgan fingerprint density at radius 3 is 2.42 bits per heavy atom. The number of nitrogens with zero attached hydrogens (tertiary/aromatic N) is 2. The fourth-order valence-corrected chi connectivity index (χ4v) is 4.61. The highest BCUT2D eigenvalue weighted by Crippen LogP contribution is 2.44. The molecule has 1 fully saturated rings. The first kappa shape index (κ1) is 25.4. The Morgan fingerprint density at radius 1 is 1.03 bits per heavy atom. The van der Waals surface area contributed by atoms with Gasteiger partial charge < -0.3 is 33.9 Å². The van der Waals surface area contributed by atoms with Crippen LogP contribution in [0.1, 0.15) is 31.0 Å². The number of amides is 1. The number of ketones is 1. The van der Waals surface area contributed by atoms with Crippen molar-refractivity contribution in [2.45, 2.75) is 19.9 Å². The molecule has 0 saturated carbocycles. The molecule has 1 atom stereocenters. The van der Waals surface area contributed by atoms with E-state index >= 15 is 0 Å². The lowest BCUT2D eigenvalue weighted by Gasteiger charge is -2.29. The zero-order valence-corrected chi connectivity index (χ0v) is 21.1.